The monoisotopic (exact) mass is 545 g/mol. The first-order valence-corrected chi connectivity index (χ1v) is 14.0. The predicted molar refractivity (Wildman–Crippen MR) is 144 cm³/mol. The molecule has 0 aromatic carbocycles. The van der Waals surface area contributed by atoms with Crippen molar-refractivity contribution < 1.29 is 44.9 Å². The molecule has 0 spiro atoms. The quantitative estimate of drug-likeness (QED) is 0.0938. The number of aliphatic hydroxyl groups is 6. The lowest BCUT2D eigenvalue weighted by Gasteiger charge is -2.40. The van der Waals surface area contributed by atoms with Gasteiger partial charge in [-0.2, -0.15) is 0 Å². The summed E-state index contributed by atoms with van der Waals surface area (Å²) >= 11 is 0. The molecule has 7 N–H and O–H groups in total. The van der Waals surface area contributed by atoms with Crippen LogP contribution in [0.15, 0.2) is 24.3 Å². The highest BCUT2D eigenvalue weighted by atomic mass is 16.7. The average Bonchev–Trinajstić information content (AvgIpc) is 2.89. The van der Waals surface area contributed by atoms with E-state index >= 15 is 0 Å². The first kappa shape index (κ1) is 34.7. The van der Waals surface area contributed by atoms with E-state index in [-0.39, 0.29) is 19.4 Å². The third kappa shape index (κ3) is 12.2. The number of hydrogen-bond acceptors (Lipinski definition) is 9. The maximum Gasteiger partial charge on any atom is 0.252 e. The van der Waals surface area contributed by atoms with Crippen molar-refractivity contribution in [3.05, 3.63) is 24.3 Å². The van der Waals surface area contributed by atoms with Crippen LogP contribution in [0, 0.1) is 0 Å². The molecule has 0 unspecified atom stereocenters. The second-order valence-electron chi connectivity index (χ2n) is 10.3. The van der Waals surface area contributed by atoms with Crippen LogP contribution in [0.5, 0.6) is 0 Å². The van der Waals surface area contributed by atoms with Gasteiger partial charge in [-0.3, -0.25) is 4.79 Å². The smallest absolute Gasteiger partial charge is 0.252 e. The summed E-state index contributed by atoms with van der Waals surface area (Å²) in [4.78, 5) is 12.9. The summed E-state index contributed by atoms with van der Waals surface area (Å²) < 4.78 is 11.0. The van der Waals surface area contributed by atoms with E-state index in [9.17, 15) is 35.4 Å². The first-order chi connectivity index (χ1) is 18.1. The van der Waals surface area contributed by atoms with Crippen LogP contribution in [0.25, 0.3) is 0 Å². The van der Waals surface area contributed by atoms with E-state index in [0.717, 1.165) is 51.4 Å². The van der Waals surface area contributed by atoms with Crippen molar-refractivity contribution in [3.8, 4) is 0 Å². The van der Waals surface area contributed by atoms with Crippen molar-refractivity contribution in [2.24, 2.45) is 0 Å². The Labute approximate surface area is 227 Å². The highest BCUT2D eigenvalue weighted by molar-refractivity contribution is 5.85. The molecule has 10 heteroatoms. The average molecular weight is 546 g/mol. The number of rotatable bonds is 19. The molecule has 0 aliphatic carbocycles. The van der Waals surface area contributed by atoms with Gasteiger partial charge in [-0.1, -0.05) is 63.8 Å². The highest BCUT2D eigenvalue weighted by Gasteiger charge is 2.44. The van der Waals surface area contributed by atoms with Crippen molar-refractivity contribution in [3.63, 3.8) is 0 Å². The molecule has 8 atom stereocenters. The zero-order valence-electron chi connectivity index (χ0n) is 23.2. The van der Waals surface area contributed by atoms with Crippen molar-refractivity contribution in [1.82, 2.24) is 5.32 Å². The van der Waals surface area contributed by atoms with Crippen LogP contribution in [-0.4, -0.2) is 98.2 Å². The minimum Gasteiger partial charge on any atom is -0.394 e. The van der Waals surface area contributed by atoms with E-state index in [4.69, 9.17) is 9.47 Å². The SMILES string of the molecule is CCCCC/C=C/C[C@H](O)[C@H](CO[C@@H]1O[C@H](CO)[C@@H](O)[C@H](O)[C@H]1O)NC(=O)[C@@](C)(O)C/C=C/CCCCC. The fraction of sp³-hybridized carbons (Fsp3) is 0.821. The van der Waals surface area contributed by atoms with Gasteiger partial charge in [0.25, 0.3) is 5.91 Å². The third-order valence-corrected chi connectivity index (χ3v) is 6.73. The van der Waals surface area contributed by atoms with Crippen LogP contribution < -0.4 is 5.32 Å². The molecular weight excluding hydrogens is 494 g/mol. The molecule has 222 valence electrons. The Kier molecular flexibility index (Phi) is 17.2. The number of allylic oxidation sites excluding steroid dienone is 2. The Morgan fingerprint density at radius 3 is 2.16 bits per heavy atom. The number of carbonyl (C=O) groups excluding carboxylic acids is 1. The van der Waals surface area contributed by atoms with Gasteiger partial charge in [0.1, 0.15) is 30.0 Å². The summed E-state index contributed by atoms with van der Waals surface area (Å²) in [5.74, 6) is -0.691. The van der Waals surface area contributed by atoms with Gasteiger partial charge in [-0.25, -0.2) is 0 Å². The van der Waals surface area contributed by atoms with Crippen molar-refractivity contribution in [1.29, 1.82) is 0 Å². The second kappa shape index (κ2) is 18.8. The van der Waals surface area contributed by atoms with Crippen molar-refractivity contribution in [2.75, 3.05) is 13.2 Å². The normalized spacial score (nSPS) is 27.4. The summed E-state index contributed by atoms with van der Waals surface area (Å²) in [6.07, 6.45) is 7.68. The third-order valence-electron chi connectivity index (χ3n) is 6.73. The summed E-state index contributed by atoms with van der Waals surface area (Å²) in [6.45, 7) is 4.71. The fourth-order valence-corrected chi connectivity index (χ4v) is 4.04. The number of carbonyl (C=O) groups is 1. The van der Waals surface area contributed by atoms with Crippen LogP contribution in [0.3, 0.4) is 0 Å². The number of aliphatic hydroxyl groups excluding tert-OH is 5. The molecule has 1 aliphatic rings. The molecule has 0 aromatic rings. The van der Waals surface area contributed by atoms with Crippen molar-refractivity contribution >= 4 is 5.91 Å². The molecule has 1 saturated heterocycles. The predicted octanol–water partition coefficient (Wildman–Crippen LogP) is 1.45. The van der Waals surface area contributed by atoms with Gasteiger partial charge in [0.15, 0.2) is 6.29 Å². The number of amides is 1. The van der Waals surface area contributed by atoms with Crippen LogP contribution in [0.1, 0.15) is 85.0 Å². The minimum atomic E-state index is -1.72. The highest BCUT2D eigenvalue weighted by Crippen LogP contribution is 2.22. The van der Waals surface area contributed by atoms with Gasteiger partial charge in [-0.05, 0) is 39.0 Å². The molecule has 1 fully saturated rings. The number of nitrogens with one attached hydrogen (secondary N) is 1. The first-order valence-electron chi connectivity index (χ1n) is 14.0. The molecule has 0 saturated carbocycles. The standard InChI is InChI=1S/C28H51NO9/c1-4-6-8-10-12-14-16-21(31)20(19-37-26-25(34)24(33)23(32)22(18-30)38-26)29-27(35)28(3,36)17-15-13-11-9-7-5-2/h12-15,20-26,30-34,36H,4-11,16-19H2,1-3H3,(H,29,35)/b14-12+,15-13+/t20-,21-,22+,23+,24-,25+,26+,28-/m0/s1. The molecule has 0 radical (unpaired) electrons. The van der Waals surface area contributed by atoms with Crippen LogP contribution in [0.4, 0.5) is 0 Å². The molecule has 1 aliphatic heterocycles. The Hall–Kier alpha value is -1.37. The lowest BCUT2D eigenvalue weighted by molar-refractivity contribution is -0.302. The molecule has 0 bridgehead atoms. The molecule has 1 heterocycles. The van der Waals surface area contributed by atoms with Gasteiger partial charge in [-0.15, -0.1) is 0 Å². The maximum atomic E-state index is 12.9. The molecule has 1 amide bonds. The van der Waals surface area contributed by atoms with Crippen LogP contribution in [-0.2, 0) is 14.3 Å². The van der Waals surface area contributed by atoms with Crippen LogP contribution >= 0.6 is 0 Å². The van der Waals surface area contributed by atoms with E-state index in [1.165, 1.54) is 6.92 Å². The van der Waals surface area contributed by atoms with Gasteiger partial charge in [0, 0.05) is 6.42 Å². The van der Waals surface area contributed by atoms with E-state index in [2.05, 4.69) is 19.2 Å². The van der Waals surface area contributed by atoms with E-state index < -0.39 is 61.0 Å². The van der Waals surface area contributed by atoms with E-state index in [1.807, 2.05) is 18.2 Å². The van der Waals surface area contributed by atoms with E-state index in [0.29, 0.717) is 0 Å². The summed E-state index contributed by atoms with van der Waals surface area (Å²) in [7, 11) is 0. The number of ether oxygens (including phenoxy) is 2. The van der Waals surface area contributed by atoms with E-state index in [1.54, 1.807) is 6.08 Å². The molecular formula is C28H51NO9. The summed E-state index contributed by atoms with van der Waals surface area (Å²) in [5, 5.41) is 63.9. The lowest BCUT2D eigenvalue weighted by Crippen LogP contribution is -2.60. The molecule has 10 nitrogen and oxygen atoms in total. The van der Waals surface area contributed by atoms with Gasteiger partial charge < -0.3 is 45.4 Å². The zero-order chi connectivity index (χ0) is 28.6. The summed E-state index contributed by atoms with van der Waals surface area (Å²) in [6, 6.07) is -0.977. The Bertz CT molecular complexity index is 698. The fourth-order valence-electron chi connectivity index (χ4n) is 4.04. The lowest BCUT2D eigenvalue weighted by atomic mass is 9.98. The van der Waals surface area contributed by atoms with Gasteiger partial charge in [0.05, 0.1) is 25.4 Å². The van der Waals surface area contributed by atoms with Crippen molar-refractivity contribution in [2.45, 2.75) is 133 Å². The van der Waals surface area contributed by atoms with Gasteiger partial charge >= 0.3 is 0 Å². The molecule has 1 rings (SSSR count). The number of hydrogen-bond donors (Lipinski definition) is 7. The topological polar surface area (TPSA) is 169 Å². The van der Waals surface area contributed by atoms with Crippen LogP contribution in [0.2, 0.25) is 0 Å². The Morgan fingerprint density at radius 1 is 0.974 bits per heavy atom. The minimum absolute atomic E-state index is 0.0959. The molecule has 38 heavy (non-hydrogen) atoms. The number of unbranched alkanes of at least 4 members (excludes halogenated alkanes) is 6. The summed E-state index contributed by atoms with van der Waals surface area (Å²) in [5.41, 5.74) is -1.72. The maximum absolute atomic E-state index is 12.9. The zero-order valence-corrected chi connectivity index (χ0v) is 23.2. The second-order valence-corrected chi connectivity index (χ2v) is 10.3. The Balaban J connectivity index is 2.84. The largest absolute Gasteiger partial charge is 0.394 e. The molecule has 0 aromatic heterocycles. The Morgan fingerprint density at radius 2 is 1.58 bits per heavy atom. The van der Waals surface area contributed by atoms with Gasteiger partial charge in [0.2, 0.25) is 0 Å².